The van der Waals surface area contributed by atoms with Gasteiger partial charge in [0.15, 0.2) is 23.5 Å². The summed E-state index contributed by atoms with van der Waals surface area (Å²) in [7, 11) is 1.86. The lowest BCUT2D eigenvalue weighted by Gasteiger charge is -2.37. The van der Waals surface area contributed by atoms with Gasteiger partial charge in [-0.15, -0.1) is 5.10 Å². The second-order valence-corrected chi connectivity index (χ2v) is 9.82. The number of likely N-dealkylation sites (N-methyl/N-ethyl adjacent to an activating group) is 1. The Balaban J connectivity index is 1.06. The summed E-state index contributed by atoms with van der Waals surface area (Å²) in [5.74, 6) is 0.0873. The number of nitrogens with one attached hydrogen (secondary N) is 1. The molecule has 4 aromatic rings. The van der Waals surface area contributed by atoms with Crippen molar-refractivity contribution < 1.29 is 22.3 Å². The van der Waals surface area contributed by atoms with Gasteiger partial charge in [-0.25, -0.2) is 13.2 Å². The average Bonchev–Trinajstić information content (AvgIpc) is 3.71. The molecule has 5 heterocycles. The maximum atomic E-state index is 14.7. The number of anilines is 3. The van der Waals surface area contributed by atoms with E-state index >= 15 is 0 Å². The number of alkyl halides is 1. The van der Waals surface area contributed by atoms with Crippen LogP contribution >= 0.6 is 0 Å². The molecule has 0 bridgehead atoms. The van der Waals surface area contributed by atoms with E-state index in [1.165, 1.54) is 16.8 Å². The summed E-state index contributed by atoms with van der Waals surface area (Å²) in [6, 6.07) is 5.63. The SMILES string of the molecule is CN(CCN1CCN(c2cc(O[C@H]3CNC[C@@H]3F)c(F)cc2F)CC1)c1nc(N)n2nc(-c3ccco3)nc2n1. The standard InChI is InChI=1S/C25H29F3N10O2/c1-35(24-32-23(29)38-25(33-24)31-22(34-38)19-3-2-10-39-19)4-5-36-6-8-37(9-7-36)18-12-20(16(27)11-15(18)26)40-21-14-30-13-17(21)28/h2-3,10-12,17,21,30H,4-9,13-14H2,1H3,(H2,29,31,32,33,34)/t17-,21-/m0/s1. The van der Waals surface area contributed by atoms with Crippen molar-refractivity contribution in [2.75, 3.05) is 74.9 Å². The van der Waals surface area contributed by atoms with Crippen LogP contribution in [-0.2, 0) is 0 Å². The van der Waals surface area contributed by atoms with Crippen LogP contribution in [0.2, 0.25) is 0 Å². The second kappa shape index (κ2) is 10.8. The van der Waals surface area contributed by atoms with Crippen LogP contribution in [-0.4, -0.2) is 101 Å². The predicted octanol–water partition coefficient (Wildman–Crippen LogP) is 1.59. The largest absolute Gasteiger partial charge is 0.483 e. The maximum Gasteiger partial charge on any atom is 0.259 e. The molecule has 0 unspecified atom stereocenters. The van der Waals surface area contributed by atoms with E-state index in [4.69, 9.17) is 14.9 Å². The number of ether oxygens (including phenoxy) is 1. The Morgan fingerprint density at radius 1 is 1.12 bits per heavy atom. The molecule has 0 spiro atoms. The highest BCUT2D eigenvalue weighted by atomic mass is 19.1. The zero-order chi connectivity index (χ0) is 27.8. The van der Waals surface area contributed by atoms with Gasteiger partial charge < -0.3 is 30.0 Å². The molecule has 2 saturated heterocycles. The first kappa shape index (κ1) is 26.1. The molecule has 15 heteroatoms. The minimum atomic E-state index is -1.24. The van der Waals surface area contributed by atoms with Crippen LogP contribution < -0.4 is 25.6 Å². The van der Waals surface area contributed by atoms with Crippen molar-refractivity contribution >= 4 is 23.4 Å². The van der Waals surface area contributed by atoms with Crippen molar-refractivity contribution in [1.82, 2.24) is 34.8 Å². The summed E-state index contributed by atoms with van der Waals surface area (Å²) in [6.45, 7) is 4.14. The number of furan rings is 1. The fourth-order valence-corrected chi connectivity index (χ4v) is 4.83. The Bertz CT molecular complexity index is 1480. The van der Waals surface area contributed by atoms with Gasteiger partial charge in [-0.05, 0) is 12.1 Å². The van der Waals surface area contributed by atoms with Crippen LogP contribution in [0, 0.1) is 11.6 Å². The number of piperazine rings is 1. The Kier molecular flexibility index (Phi) is 7.06. The Morgan fingerprint density at radius 2 is 1.95 bits per heavy atom. The summed E-state index contributed by atoms with van der Waals surface area (Å²) >= 11 is 0. The number of rotatable bonds is 8. The highest BCUT2D eigenvalue weighted by Gasteiger charge is 2.30. The number of hydrogen-bond donors (Lipinski definition) is 2. The topological polar surface area (TPSA) is 126 Å². The van der Waals surface area contributed by atoms with Gasteiger partial charge in [0.1, 0.15) is 11.9 Å². The van der Waals surface area contributed by atoms with E-state index in [2.05, 4.69) is 30.3 Å². The predicted molar refractivity (Wildman–Crippen MR) is 141 cm³/mol. The van der Waals surface area contributed by atoms with Gasteiger partial charge >= 0.3 is 0 Å². The summed E-state index contributed by atoms with van der Waals surface area (Å²) < 4.78 is 55.2. The number of nitrogens with zero attached hydrogens (tertiary/aromatic N) is 8. The van der Waals surface area contributed by atoms with Gasteiger partial charge in [-0.3, -0.25) is 4.90 Å². The molecule has 2 fully saturated rings. The smallest absolute Gasteiger partial charge is 0.259 e. The van der Waals surface area contributed by atoms with Crippen molar-refractivity contribution in [3.8, 4) is 17.3 Å². The van der Waals surface area contributed by atoms with Crippen molar-refractivity contribution in [3.63, 3.8) is 0 Å². The van der Waals surface area contributed by atoms with Crippen molar-refractivity contribution in [3.05, 3.63) is 42.2 Å². The molecule has 2 aliphatic rings. The number of halogens is 3. The Labute approximate surface area is 227 Å². The zero-order valence-electron chi connectivity index (χ0n) is 21.8. The van der Waals surface area contributed by atoms with Gasteiger partial charge in [0.25, 0.3) is 5.78 Å². The van der Waals surface area contributed by atoms with Crippen molar-refractivity contribution in [1.29, 1.82) is 0 Å². The highest BCUT2D eigenvalue weighted by molar-refractivity contribution is 5.54. The summed E-state index contributed by atoms with van der Waals surface area (Å²) in [5.41, 5.74) is 6.35. The first-order chi connectivity index (χ1) is 19.4. The molecule has 0 aliphatic carbocycles. The molecular formula is C25H29F3N10O2. The number of nitrogens with two attached hydrogens (primary N) is 1. The molecule has 3 aromatic heterocycles. The average molecular weight is 559 g/mol. The first-order valence-electron chi connectivity index (χ1n) is 13.0. The van der Waals surface area contributed by atoms with E-state index in [0.29, 0.717) is 62.6 Å². The molecule has 212 valence electrons. The fraction of sp³-hybridized carbons (Fsp3) is 0.440. The minimum absolute atomic E-state index is 0.142. The molecule has 1 aromatic carbocycles. The van der Waals surface area contributed by atoms with E-state index < -0.39 is 23.9 Å². The minimum Gasteiger partial charge on any atom is -0.483 e. The molecule has 12 nitrogen and oxygen atoms in total. The van der Waals surface area contributed by atoms with Crippen LogP contribution in [0.15, 0.2) is 34.9 Å². The lowest BCUT2D eigenvalue weighted by molar-refractivity contribution is 0.134. The van der Waals surface area contributed by atoms with Crippen LogP contribution in [0.3, 0.4) is 0 Å². The fourth-order valence-electron chi connectivity index (χ4n) is 4.83. The molecule has 6 rings (SSSR count). The number of nitrogen functional groups attached to an aromatic ring is 1. The molecule has 2 atom stereocenters. The number of hydrogen-bond acceptors (Lipinski definition) is 11. The zero-order valence-corrected chi connectivity index (χ0v) is 21.8. The van der Waals surface area contributed by atoms with E-state index in [0.717, 1.165) is 6.07 Å². The number of benzene rings is 1. The van der Waals surface area contributed by atoms with Gasteiger partial charge in [-0.1, -0.05) is 0 Å². The quantitative estimate of drug-likeness (QED) is 0.327. The van der Waals surface area contributed by atoms with E-state index in [1.54, 1.807) is 12.1 Å². The normalized spacial score (nSPS) is 19.9. The highest BCUT2D eigenvalue weighted by Crippen LogP contribution is 2.30. The summed E-state index contributed by atoms with van der Waals surface area (Å²) in [4.78, 5) is 19.2. The third-order valence-electron chi connectivity index (χ3n) is 7.14. The molecule has 3 N–H and O–H groups in total. The molecule has 40 heavy (non-hydrogen) atoms. The van der Waals surface area contributed by atoms with Gasteiger partial charge in [0.05, 0.1) is 12.0 Å². The van der Waals surface area contributed by atoms with Crippen LogP contribution in [0.4, 0.5) is 30.8 Å². The van der Waals surface area contributed by atoms with E-state index in [-0.39, 0.29) is 30.5 Å². The third kappa shape index (κ3) is 5.21. The molecule has 2 aliphatic heterocycles. The Morgan fingerprint density at radius 3 is 2.67 bits per heavy atom. The van der Waals surface area contributed by atoms with Crippen LogP contribution in [0.1, 0.15) is 0 Å². The first-order valence-corrected chi connectivity index (χ1v) is 13.0. The van der Waals surface area contributed by atoms with Crippen molar-refractivity contribution in [2.45, 2.75) is 12.3 Å². The lowest BCUT2D eigenvalue weighted by Crippen LogP contribution is -2.48. The maximum absolute atomic E-state index is 14.7. The van der Waals surface area contributed by atoms with Gasteiger partial charge in [-0.2, -0.15) is 19.5 Å². The monoisotopic (exact) mass is 558 g/mol. The van der Waals surface area contributed by atoms with Gasteiger partial charge in [0, 0.05) is 71.5 Å². The van der Waals surface area contributed by atoms with Gasteiger partial charge in [0.2, 0.25) is 17.7 Å². The van der Waals surface area contributed by atoms with Crippen molar-refractivity contribution in [2.24, 2.45) is 0 Å². The molecule has 0 saturated carbocycles. The molecule has 0 amide bonds. The number of aromatic nitrogens is 5. The molecular weight excluding hydrogens is 529 g/mol. The van der Waals surface area contributed by atoms with Crippen LogP contribution in [0.25, 0.3) is 17.4 Å². The number of fused-ring (bicyclic) bond motifs is 1. The summed E-state index contributed by atoms with van der Waals surface area (Å²) in [6.07, 6.45) is -0.507. The second-order valence-electron chi connectivity index (χ2n) is 9.82. The van der Waals surface area contributed by atoms with Crippen LogP contribution in [0.5, 0.6) is 5.75 Å². The molecule has 0 radical (unpaired) electrons. The van der Waals surface area contributed by atoms with E-state index in [1.807, 2.05) is 16.8 Å². The third-order valence-corrected chi connectivity index (χ3v) is 7.14. The Hall–Kier alpha value is -4.11. The lowest BCUT2D eigenvalue weighted by atomic mass is 10.2. The van der Waals surface area contributed by atoms with E-state index in [9.17, 15) is 13.2 Å². The summed E-state index contributed by atoms with van der Waals surface area (Å²) in [5, 5.41) is 7.17.